The first-order valence-electron chi connectivity index (χ1n) is 7.76. The molecule has 3 rings (SSSR count). The van der Waals surface area contributed by atoms with Crippen molar-refractivity contribution >= 4 is 35.0 Å². The summed E-state index contributed by atoms with van der Waals surface area (Å²) in [6, 6.07) is 17.0. The molecule has 1 N–H and O–H groups in total. The van der Waals surface area contributed by atoms with Crippen molar-refractivity contribution in [3.05, 3.63) is 65.4 Å². The van der Waals surface area contributed by atoms with Crippen molar-refractivity contribution < 1.29 is 4.79 Å². The van der Waals surface area contributed by atoms with Crippen molar-refractivity contribution in [3.63, 3.8) is 0 Å². The first-order chi connectivity index (χ1) is 12.1. The number of aryl methyl sites for hydroxylation is 1. The van der Waals surface area contributed by atoms with Gasteiger partial charge in [0.25, 0.3) is 0 Å². The van der Waals surface area contributed by atoms with Crippen LogP contribution in [0.15, 0.2) is 59.8 Å². The molecule has 0 spiro atoms. The average Bonchev–Trinajstić information content (AvgIpc) is 2.98. The maximum Gasteiger partial charge on any atom is 0.237 e. The van der Waals surface area contributed by atoms with Crippen LogP contribution in [0.3, 0.4) is 0 Å². The number of rotatable bonds is 5. The van der Waals surface area contributed by atoms with Gasteiger partial charge in [0.1, 0.15) is 5.82 Å². The Hall–Kier alpha value is -2.31. The molecule has 5 nitrogen and oxygen atoms in total. The normalized spacial score (nSPS) is 12.0. The van der Waals surface area contributed by atoms with Crippen LogP contribution in [0, 0.1) is 6.92 Å². The minimum absolute atomic E-state index is 0.140. The lowest BCUT2D eigenvalue weighted by Gasteiger charge is -2.13. The number of benzene rings is 2. The van der Waals surface area contributed by atoms with Crippen molar-refractivity contribution in [1.29, 1.82) is 0 Å². The number of hydrogen-bond donors (Lipinski definition) is 1. The highest BCUT2D eigenvalue weighted by atomic mass is 35.5. The Morgan fingerprint density at radius 2 is 1.80 bits per heavy atom. The lowest BCUT2D eigenvalue weighted by Crippen LogP contribution is -2.23. The number of aromatic nitrogens is 3. The minimum Gasteiger partial charge on any atom is -0.324 e. The standard InChI is InChI=1S/C18H17ClN4OS/c1-12(17(24)20-16-11-7-6-10-15(16)19)25-18-22-21-13(2)23(18)14-8-4-3-5-9-14/h3-12H,1-2H3,(H,20,24)/t12-/m0/s1. The quantitative estimate of drug-likeness (QED) is 0.676. The Morgan fingerprint density at radius 1 is 1.12 bits per heavy atom. The van der Waals surface area contributed by atoms with Crippen molar-refractivity contribution in [2.45, 2.75) is 24.3 Å². The number of hydrogen-bond acceptors (Lipinski definition) is 4. The summed E-state index contributed by atoms with van der Waals surface area (Å²) in [5.74, 6) is 0.630. The summed E-state index contributed by atoms with van der Waals surface area (Å²) < 4.78 is 1.93. The second-order valence-corrected chi connectivity index (χ2v) is 7.15. The molecule has 0 saturated carbocycles. The molecular weight excluding hydrogens is 356 g/mol. The van der Waals surface area contributed by atoms with Gasteiger partial charge in [0.05, 0.1) is 16.0 Å². The smallest absolute Gasteiger partial charge is 0.237 e. The summed E-state index contributed by atoms with van der Waals surface area (Å²) in [7, 11) is 0. The Bertz CT molecular complexity index is 882. The van der Waals surface area contributed by atoms with Gasteiger partial charge in [-0.05, 0) is 38.1 Å². The molecule has 0 unspecified atom stereocenters. The van der Waals surface area contributed by atoms with E-state index in [1.165, 1.54) is 11.8 Å². The molecule has 0 aliphatic heterocycles. The first-order valence-corrected chi connectivity index (χ1v) is 9.01. The number of halogens is 1. The van der Waals surface area contributed by atoms with E-state index in [-0.39, 0.29) is 11.2 Å². The van der Waals surface area contributed by atoms with Gasteiger partial charge in [-0.3, -0.25) is 9.36 Å². The van der Waals surface area contributed by atoms with Crippen LogP contribution in [-0.2, 0) is 4.79 Å². The first kappa shape index (κ1) is 17.5. The fraction of sp³-hybridized carbons (Fsp3) is 0.167. The van der Waals surface area contributed by atoms with E-state index in [9.17, 15) is 4.79 Å². The van der Waals surface area contributed by atoms with E-state index in [1.807, 2.05) is 60.9 Å². The summed E-state index contributed by atoms with van der Waals surface area (Å²) in [5, 5.41) is 12.0. The predicted molar refractivity (Wildman–Crippen MR) is 101 cm³/mol. The van der Waals surface area contributed by atoms with E-state index in [0.29, 0.717) is 15.9 Å². The van der Waals surface area contributed by atoms with Gasteiger partial charge in [-0.25, -0.2) is 0 Å². The zero-order valence-corrected chi connectivity index (χ0v) is 15.4. The van der Waals surface area contributed by atoms with Crippen LogP contribution in [0.2, 0.25) is 5.02 Å². The highest BCUT2D eigenvalue weighted by Gasteiger charge is 2.20. The minimum atomic E-state index is -0.359. The van der Waals surface area contributed by atoms with Gasteiger partial charge in [-0.1, -0.05) is 53.7 Å². The lowest BCUT2D eigenvalue weighted by atomic mass is 10.3. The number of anilines is 1. The number of amides is 1. The second kappa shape index (κ2) is 7.72. The monoisotopic (exact) mass is 372 g/mol. The maximum atomic E-state index is 12.5. The van der Waals surface area contributed by atoms with Crippen LogP contribution >= 0.6 is 23.4 Å². The number of carbonyl (C=O) groups is 1. The maximum absolute atomic E-state index is 12.5. The molecule has 25 heavy (non-hydrogen) atoms. The molecular formula is C18H17ClN4OS. The molecule has 3 aromatic rings. The number of nitrogens with zero attached hydrogens (tertiary/aromatic N) is 3. The fourth-order valence-corrected chi connectivity index (χ4v) is 3.40. The molecule has 0 aliphatic rings. The third-order valence-corrected chi connectivity index (χ3v) is 4.96. The molecule has 1 amide bonds. The van der Waals surface area contributed by atoms with Gasteiger partial charge in [-0.2, -0.15) is 0 Å². The lowest BCUT2D eigenvalue weighted by molar-refractivity contribution is -0.115. The third-order valence-electron chi connectivity index (χ3n) is 3.59. The third kappa shape index (κ3) is 4.03. The molecule has 1 heterocycles. The Kier molecular flexibility index (Phi) is 5.40. The van der Waals surface area contributed by atoms with E-state index >= 15 is 0 Å². The molecule has 0 aliphatic carbocycles. The number of para-hydroxylation sites is 2. The van der Waals surface area contributed by atoms with Crippen molar-refractivity contribution in [3.8, 4) is 5.69 Å². The molecule has 1 atom stereocenters. The summed E-state index contributed by atoms with van der Waals surface area (Å²) in [6.45, 7) is 3.72. The molecule has 2 aromatic carbocycles. The van der Waals surface area contributed by atoms with Crippen LogP contribution in [0.5, 0.6) is 0 Å². The Labute approximate surface area is 155 Å². The van der Waals surface area contributed by atoms with Gasteiger partial charge >= 0.3 is 0 Å². The summed E-state index contributed by atoms with van der Waals surface area (Å²) in [4.78, 5) is 12.5. The number of thioether (sulfide) groups is 1. The molecule has 128 valence electrons. The van der Waals surface area contributed by atoms with Crippen LogP contribution in [0.4, 0.5) is 5.69 Å². The van der Waals surface area contributed by atoms with Crippen LogP contribution < -0.4 is 5.32 Å². The number of carbonyl (C=O) groups excluding carboxylic acids is 1. The van der Waals surface area contributed by atoms with Crippen LogP contribution in [0.25, 0.3) is 5.69 Å². The molecule has 1 aromatic heterocycles. The largest absolute Gasteiger partial charge is 0.324 e. The molecule has 0 saturated heterocycles. The summed E-state index contributed by atoms with van der Waals surface area (Å²) in [5.41, 5.74) is 1.56. The zero-order chi connectivity index (χ0) is 17.8. The van der Waals surface area contributed by atoms with Crippen molar-refractivity contribution in [2.75, 3.05) is 5.32 Å². The van der Waals surface area contributed by atoms with E-state index in [4.69, 9.17) is 11.6 Å². The van der Waals surface area contributed by atoms with E-state index in [0.717, 1.165) is 11.5 Å². The summed E-state index contributed by atoms with van der Waals surface area (Å²) in [6.07, 6.45) is 0. The van der Waals surface area contributed by atoms with Gasteiger partial charge in [-0.15, -0.1) is 10.2 Å². The van der Waals surface area contributed by atoms with E-state index in [1.54, 1.807) is 12.1 Å². The molecule has 0 fully saturated rings. The van der Waals surface area contributed by atoms with Crippen LogP contribution in [-0.4, -0.2) is 25.9 Å². The molecule has 7 heteroatoms. The topological polar surface area (TPSA) is 59.8 Å². The van der Waals surface area contributed by atoms with Gasteiger partial charge < -0.3 is 5.32 Å². The highest BCUT2D eigenvalue weighted by molar-refractivity contribution is 8.00. The average molecular weight is 373 g/mol. The Balaban J connectivity index is 1.77. The molecule has 0 bridgehead atoms. The van der Waals surface area contributed by atoms with Crippen molar-refractivity contribution in [2.24, 2.45) is 0 Å². The van der Waals surface area contributed by atoms with Gasteiger partial charge in [0, 0.05) is 5.69 Å². The van der Waals surface area contributed by atoms with Gasteiger partial charge in [0.15, 0.2) is 5.16 Å². The zero-order valence-electron chi connectivity index (χ0n) is 13.8. The van der Waals surface area contributed by atoms with E-state index < -0.39 is 0 Å². The molecule has 0 radical (unpaired) electrons. The fourth-order valence-electron chi connectivity index (χ4n) is 2.30. The van der Waals surface area contributed by atoms with E-state index in [2.05, 4.69) is 15.5 Å². The number of nitrogens with one attached hydrogen (secondary N) is 1. The summed E-state index contributed by atoms with van der Waals surface area (Å²) >= 11 is 7.45. The predicted octanol–water partition coefficient (Wildman–Crippen LogP) is 4.35. The Morgan fingerprint density at radius 3 is 2.52 bits per heavy atom. The highest BCUT2D eigenvalue weighted by Crippen LogP contribution is 2.27. The SMILES string of the molecule is Cc1nnc(S[C@@H](C)C(=O)Nc2ccccc2Cl)n1-c1ccccc1. The van der Waals surface area contributed by atoms with Crippen molar-refractivity contribution in [1.82, 2.24) is 14.8 Å². The van der Waals surface area contributed by atoms with Gasteiger partial charge in [0.2, 0.25) is 5.91 Å². The van der Waals surface area contributed by atoms with Crippen LogP contribution in [0.1, 0.15) is 12.7 Å². The second-order valence-electron chi connectivity index (χ2n) is 5.43.